The van der Waals surface area contributed by atoms with E-state index in [0.717, 1.165) is 37.7 Å². The van der Waals surface area contributed by atoms with E-state index in [4.69, 9.17) is 0 Å². The van der Waals surface area contributed by atoms with Crippen LogP contribution in [-0.2, 0) is 9.59 Å². The first-order valence-corrected chi connectivity index (χ1v) is 9.15. The first-order chi connectivity index (χ1) is 13.1. The van der Waals surface area contributed by atoms with Crippen molar-refractivity contribution < 1.29 is 14.8 Å². The van der Waals surface area contributed by atoms with Crippen LogP contribution in [0.1, 0.15) is 37.7 Å². The van der Waals surface area contributed by atoms with Crippen LogP contribution in [0.15, 0.2) is 18.2 Å². The number of amides is 2. The van der Waals surface area contributed by atoms with Crippen molar-refractivity contribution in [2.45, 2.75) is 39.0 Å². The van der Waals surface area contributed by atoms with Gasteiger partial charge in [0.05, 0.1) is 18.0 Å². The summed E-state index contributed by atoms with van der Waals surface area (Å²) in [5, 5.41) is 18.2. The molecule has 3 rings (SSSR count). The summed E-state index contributed by atoms with van der Waals surface area (Å²) >= 11 is 0. The summed E-state index contributed by atoms with van der Waals surface area (Å²) in [5.74, 6) is -0.517. The second-order valence-corrected chi connectivity index (χ2v) is 6.92. The van der Waals surface area contributed by atoms with Crippen molar-refractivity contribution >= 4 is 29.3 Å². The fraction of sp³-hybridized carbons (Fsp3) is 0.500. The Bertz CT molecular complexity index is 809. The molecule has 1 aliphatic carbocycles. The first-order valence-electron chi connectivity index (χ1n) is 9.15. The standard InChI is InChI=1S/C18H24N6O3/c1-12-6-5-9-15-16(12)19-18(22-20-15)23-21-17(26)14(10-24(27)11-25)13-7-3-2-4-8-13/h5-6,9,11,13-14,27H,2-4,7-8,10H2,1H3,(H,21,26)(H,19,22,23). The fourth-order valence-electron chi connectivity index (χ4n) is 3.59. The smallest absolute Gasteiger partial charge is 0.262 e. The molecule has 27 heavy (non-hydrogen) atoms. The van der Waals surface area contributed by atoms with Crippen LogP contribution >= 0.6 is 0 Å². The second-order valence-electron chi connectivity index (χ2n) is 6.92. The van der Waals surface area contributed by atoms with Crippen molar-refractivity contribution in [1.82, 2.24) is 25.7 Å². The lowest BCUT2D eigenvalue weighted by molar-refractivity contribution is -0.156. The molecule has 0 radical (unpaired) electrons. The van der Waals surface area contributed by atoms with Gasteiger partial charge in [-0.2, -0.15) is 0 Å². The number of hydrazine groups is 1. The van der Waals surface area contributed by atoms with E-state index < -0.39 is 5.92 Å². The van der Waals surface area contributed by atoms with Crippen molar-refractivity contribution in [3.8, 4) is 0 Å². The van der Waals surface area contributed by atoms with E-state index >= 15 is 0 Å². The molecule has 2 amide bonds. The molecule has 0 aliphatic heterocycles. The molecule has 2 aromatic rings. The summed E-state index contributed by atoms with van der Waals surface area (Å²) in [6, 6.07) is 5.62. The number of benzene rings is 1. The van der Waals surface area contributed by atoms with Gasteiger partial charge in [-0.25, -0.2) is 10.0 Å². The minimum Gasteiger partial charge on any atom is -0.286 e. The number of aryl methyl sites for hydroxylation is 1. The molecule has 0 saturated heterocycles. The number of carbonyl (C=O) groups excluding carboxylic acids is 2. The Kier molecular flexibility index (Phi) is 6.12. The Labute approximate surface area is 157 Å². The highest BCUT2D eigenvalue weighted by molar-refractivity contribution is 5.81. The van der Waals surface area contributed by atoms with Crippen molar-refractivity contribution in [1.29, 1.82) is 0 Å². The number of anilines is 1. The molecule has 9 nitrogen and oxygen atoms in total. The zero-order chi connectivity index (χ0) is 19.2. The number of nitrogens with zero attached hydrogens (tertiary/aromatic N) is 4. The average Bonchev–Trinajstić information content (AvgIpc) is 2.71. The summed E-state index contributed by atoms with van der Waals surface area (Å²) in [4.78, 5) is 27.9. The van der Waals surface area contributed by atoms with Gasteiger partial charge >= 0.3 is 0 Å². The first kappa shape index (κ1) is 19.0. The van der Waals surface area contributed by atoms with E-state index in [1.807, 2.05) is 25.1 Å². The van der Waals surface area contributed by atoms with Gasteiger partial charge in [-0.15, -0.1) is 10.2 Å². The Morgan fingerprint density at radius 3 is 2.85 bits per heavy atom. The number of aromatic nitrogens is 3. The Morgan fingerprint density at radius 1 is 1.33 bits per heavy atom. The molecule has 0 bridgehead atoms. The third-order valence-electron chi connectivity index (χ3n) is 5.05. The second kappa shape index (κ2) is 8.72. The maximum Gasteiger partial charge on any atom is 0.262 e. The van der Waals surface area contributed by atoms with Crippen LogP contribution in [-0.4, -0.2) is 44.3 Å². The number of nitrogens with one attached hydrogen (secondary N) is 2. The van der Waals surface area contributed by atoms with Crippen molar-refractivity contribution in [2.75, 3.05) is 12.0 Å². The number of fused-ring (bicyclic) bond motifs is 1. The van der Waals surface area contributed by atoms with Gasteiger partial charge in [-0.05, 0) is 37.3 Å². The maximum atomic E-state index is 12.7. The van der Waals surface area contributed by atoms with Gasteiger partial charge in [0.25, 0.3) is 5.95 Å². The van der Waals surface area contributed by atoms with Crippen molar-refractivity contribution in [3.63, 3.8) is 0 Å². The normalized spacial score (nSPS) is 15.9. The van der Waals surface area contributed by atoms with Gasteiger partial charge in [-0.3, -0.25) is 25.6 Å². The summed E-state index contributed by atoms with van der Waals surface area (Å²) < 4.78 is 0. The zero-order valence-corrected chi connectivity index (χ0v) is 15.3. The van der Waals surface area contributed by atoms with E-state index in [-0.39, 0.29) is 24.3 Å². The highest BCUT2D eigenvalue weighted by Gasteiger charge is 2.31. The van der Waals surface area contributed by atoms with E-state index in [1.165, 1.54) is 0 Å². The molecule has 3 N–H and O–H groups in total. The molecule has 0 spiro atoms. The Hall–Kier alpha value is -2.81. The van der Waals surface area contributed by atoms with Crippen LogP contribution in [0, 0.1) is 18.8 Å². The van der Waals surface area contributed by atoms with Gasteiger partial charge in [0.1, 0.15) is 5.52 Å². The summed E-state index contributed by atoms with van der Waals surface area (Å²) in [6.45, 7) is 1.88. The molecule has 1 aromatic carbocycles. The highest BCUT2D eigenvalue weighted by atomic mass is 16.5. The van der Waals surface area contributed by atoms with Crippen LogP contribution < -0.4 is 10.9 Å². The third kappa shape index (κ3) is 4.68. The van der Waals surface area contributed by atoms with Crippen LogP contribution in [0.5, 0.6) is 0 Å². The summed E-state index contributed by atoms with van der Waals surface area (Å²) in [5.41, 5.74) is 7.64. The van der Waals surface area contributed by atoms with E-state index in [1.54, 1.807) is 0 Å². The fourth-order valence-corrected chi connectivity index (χ4v) is 3.59. The van der Waals surface area contributed by atoms with E-state index in [0.29, 0.717) is 22.5 Å². The Balaban J connectivity index is 1.69. The SMILES string of the molecule is Cc1cccc2nnc(NNC(=O)C(CN(O)C=O)C3CCCCC3)nc12. The molecule has 1 aromatic heterocycles. The molecule has 144 valence electrons. The molecule has 1 unspecified atom stereocenters. The third-order valence-corrected chi connectivity index (χ3v) is 5.05. The predicted molar refractivity (Wildman–Crippen MR) is 98.5 cm³/mol. The molecular weight excluding hydrogens is 348 g/mol. The number of hydrogen-bond acceptors (Lipinski definition) is 7. The average molecular weight is 372 g/mol. The van der Waals surface area contributed by atoms with Gasteiger partial charge in [0.15, 0.2) is 0 Å². The molecule has 1 aliphatic rings. The monoisotopic (exact) mass is 372 g/mol. The lowest BCUT2D eigenvalue weighted by Crippen LogP contribution is -2.44. The molecule has 1 fully saturated rings. The van der Waals surface area contributed by atoms with E-state index in [9.17, 15) is 14.8 Å². The molecule has 1 saturated carbocycles. The lowest BCUT2D eigenvalue weighted by Gasteiger charge is -2.30. The van der Waals surface area contributed by atoms with Crippen molar-refractivity contribution in [3.05, 3.63) is 23.8 Å². The lowest BCUT2D eigenvalue weighted by atomic mass is 9.79. The van der Waals surface area contributed by atoms with Crippen molar-refractivity contribution in [2.24, 2.45) is 11.8 Å². The van der Waals surface area contributed by atoms with Gasteiger partial charge < -0.3 is 0 Å². The number of para-hydroxylation sites is 1. The van der Waals surface area contributed by atoms with Gasteiger partial charge in [0.2, 0.25) is 12.3 Å². The topological polar surface area (TPSA) is 120 Å². The zero-order valence-electron chi connectivity index (χ0n) is 15.3. The number of rotatable bonds is 7. The summed E-state index contributed by atoms with van der Waals surface area (Å²) in [7, 11) is 0. The molecule has 1 heterocycles. The van der Waals surface area contributed by atoms with Gasteiger partial charge in [0, 0.05) is 0 Å². The predicted octanol–water partition coefficient (Wildman–Crippen LogP) is 1.82. The van der Waals surface area contributed by atoms with Crippen LogP contribution in [0.4, 0.5) is 5.95 Å². The largest absolute Gasteiger partial charge is 0.286 e. The van der Waals surface area contributed by atoms with Gasteiger partial charge in [-0.1, -0.05) is 31.4 Å². The summed E-state index contributed by atoms with van der Waals surface area (Å²) in [6.07, 6.45) is 5.36. The number of hydroxylamine groups is 2. The van der Waals surface area contributed by atoms with E-state index in [2.05, 4.69) is 26.0 Å². The quantitative estimate of drug-likeness (QED) is 0.385. The minimum atomic E-state index is -0.511. The highest BCUT2D eigenvalue weighted by Crippen LogP contribution is 2.30. The Morgan fingerprint density at radius 2 is 2.11 bits per heavy atom. The molecular formula is C18H24N6O3. The number of carbonyl (C=O) groups is 2. The van der Waals surface area contributed by atoms with Crippen LogP contribution in [0.2, 0.25) is 0 Å². The van der Waals surface area contributed by atoms with Crippen LogP contribution in [0.25, 0.3) is 11.0 Å². The minimum absolute atomic E-state index is 0.0440. The maximum absolute atomic E-state index is 12.7. The van der Waals surface area contributed by atoms with Crippen LogP contribution in [0.3, 0.4) is 0 Å². The number of hydrogen-bond donors (Lipinski definition) is 3. The molecule has 1 atom stereocenters. The molecule has 9 heteroatoms.